The second-order valence-corrected chi connectivity index (χ2v) is 4.90. The van der Waals surface area contributed by atoms with Gasteiger partial charge < -0.3 is 5.32 Å². The quantitative estimate of drug-likeness (QED) is 0.652. The number of halogens is 1. The van der Waals surface area contributed by atoms with Crippen LogP contribution in [0.15, 0.2) is 48.5 Å². The van der Waals surface area contributed by atoms with E-state index in [1.54, 1.807) is 24.3 Å². The molecule has 0 aliphatic rings. The van der Waals surface area contributed by atoms with Gasteiger partial charge in [-0.05, 0) is 43.1 Å². The van der Waals surface area contributed by atoms with Crippen molar-refractivity contribution in [2.24, 2.45) is 0 Å². The maximum atomic E-state index is 12.8. The van der Waals surface area contributed by atoms with Crippen molar-refractivity contribution in [1.29, 1.82) is 0 Å². The summed E-state index contributed by atoms with van der Waals surface area (Å²) in [5, 5.41) is 14.1. The van der Waals surface area contributed by atoms with Crippen LogP contribution in [-0.2, 0) is 6.42 Å². The Morgan fingerprint density at radius 3 is 2.62 bits per heavy atom. The number of non-ortho nitro benzene ring substituents is 1. The lowest BCUT2D eigenvalue weighted by molar-refractivity contribution is -0.384. The van der Waals surface area contributed by atoms with Crippen LogP contribution in [0.4, 0.5) is 10.1 Å². The highest BCUT2D eigenvalue weighted by Gasteiger charge is 2.10. The van der Waals surface area contributed by atoms with E-state index in [9.17, 15) is 14.5 Å². The van der Waals surface area contributed by atoms with Gasteiger partial charge in [-0.3, -0.25) is 10.1 Å². The van der Waals surface area contributed by atoms with Crippen LogP contribution in [0.1, 0.15) is 24.1 Å². The lowest BCUT2D eigenvalue weighted by atomic mass is 10.1. The average Bonchev–Trinajstić information content (AvgIpc) is 2.49. The number of rotatable bonds is 6. The Morgan fingerprint density at radius 1 is 1.24 bits per heavy atom. The molecule has 0 fully saturated rings. The zero-order chi connectivity index (χ0) is 15.2. The normalized spacial score (nSPS) is 12.1. The molecule has 0 aliphatic heterocycles. The van der Waals surface area contributed by atoms with Crippen molar-refractivity contribution in [3.05, 3.63) is 75.6 Å². The first kappa shape index (κ1) is 15.1. The number of hydrogen-bond acceptors (Lipinski definition) is 3. The van der Waals surface area contributed by atoms with Crippen LogP contribution >= 0.6 is 0 Å². The standard InChI is InChI=1S/C16H17FN2O2/c1-12(14-3-2-4-16(11-14)19(20)21)18-10-9-13-5-7-15(17)8-6-13/h2-8,11-12,18H,9-10H2,1H3. The number of hydrogen-bond donors (Lipinski definition) is 1. The number of benzene rings is 2. The molecule has 0 aliphatic carbocycles. The maximum absolute atomic E-state index is 12.8. The Balaban J connectivity index is 1.89. The molecule has 1 N–H and O–H groups in total. The Morgan fingerprint density at radius 2 is 1.95 bits per heavy atom. The van der Waals surface area contributed by atoms with Crippen molar-refractivity contribution in [1.82, 2.24) is 5.32 Å². The first-order chi connectivity index (χ1) is 10.1. The summed E-state index contributed by atoms with van der Waals surface area (Å²) in [7, 11) is 0. The molecule has 0 bridgehead atoms. The van der Waals surface area contributed by atoms with Gasteiger partial charge in [-0.25, -0.2) is 4.39 Å². The van der Waals surface area contributed by atoms with Gasteiger partial charge in [0.15, 0.2) is 0 Å². The lowest BCUT2D eigenvalue weighted by Gasteiger charge is -2.14. The average molecular weight is 288 g/mol. The monoisotopic (exact) mass is 288 g/mol. The summed E-state index contributed by atoms with van der Waals surface area (Å²) >= 11 is 0. The first-order valence-electron chi connectivity index (χ1n) is 6.78. The molecule has 1 atom stereocenters. The highest BCUT2D eigenvalue weighted by molar-refractivity contribution is 5.35. The van der Waals surface area contributed by atoms with E-state index >= 15 is 0 Å². The number of nitro groups is 1. The minimum absolute atomic E-state index is 0.0188. The zero-order valence-electron chi connectivity index (χ0n) is 11.8. The van der Waals surface area contributed by atoms with Gasteiger partial charge in [0.05, 0.1) is 4.92 Å². The van der Waals surface area contributed by atoms with E-state index < -0.39 is 4.92 Å². The van der Waals surface area contributed by atoms with Crippen LogP contribution < -0.4 is 5.32 Å². The predicted molar refractivity (Wildman–Crippen MR) is 79.6 cm³/mol. The lowest BCUT2D eigenvalue weighted by Crippen LogP contribution is -2.21. The third kappa shape index (κ3) is 4.36. The predicted octanol–water partition coefficient (Wildman–Crippen LogP) is 3.63. The van der Waals surface area contributed by atoms with Gasteiger partial charge in [0.2, 0.25) is 0 Å². The molecule has 0 heterocycles. The van der Waals surface area contributed by atoms with Crippen LogP contribution in [0.3, 0.4) is 0 Å². The molecule has 2 aromatic carbocycles. The first-order valence-corrected chi connectivity index (χ1v) is 6.78. The van der Waals surface area contributed by atoms with E-state index in [1.807, 2.05) is 13.0 Å². The molecule has 0 spiro atoms. The van der Waals surface area contributed by atoms with E-state index in [1.165, 1.54) is 18.2 Å². The fraction of sp³-hybridized carbons (Fsp3) is 0.250. The summed E-state index contributed by atoms with van der Waals surface area (Å²) in [6.07, 6.45) is 0.777. The van der Waals surface area contributed by atoms with Gasteiger partial charge in [-0.15, -0.1) is 0 Å². The number of nitrogens with zero attached hydrogens (tertiary/aromatic N) is 1. The molecule has 0 saturated heterocycles. The summed E-state index contributed by atoms with van der Waals surface area (Å²) in [6, 6.07) is 13.0. The van der Waals surface area contributed by atoms with Crippen molar-refractivity contribution >= 4 is 5.69 Å². The molecular formula is C16H17FN2O2. The summed E-state index contributed by atoms with van der Waals surface area (Å²) in [5.41, 5.74) is 2.03. The van der Waals surface area contributed by atoms with Gasteiger partial charge in [-0.1, -0.05) is 24.3 Å². The molecule has 0 aromatic heterocycles. The van der Waals surface area contributed by atoms with Crippen molar-refractivity contribution in [3.8, 4) is 0 Å². The molecule has 0 saturated carbocycles. The van der Waals surface area contributed by atoms with Crippen LogP contribution in [0.5, 0.6) is 0 Å². The largest absolute Gasteiger partial charge is 0.310 e. The molecule has 110 valence electrons. The molecule has 21 heavy (non-hydrogen) atoms. The highest BCUT2D eigenvalue weighted by atomic mass is 19.1. The van der Waals surface area contributed by atoms with Crippen molar-refractivity contribution < 1.29 is 9.31 Å². The van der Waals surface area contributed by atoms with E-state index in [4.69, 9.17) is 0 Å². The van der Waals surface area contributed by atoms with Gasteiger partial charge >= 0.3 is 0 Å². The molecule has 2 rings (SSSR count). The minimum Gasteiger partial charge on any atom is -0.310 e. The van der Waals surface area contributed by atoms with Gasteiger partial charge in [0.25, 0.3) is 5.69 Å². The highest BCUT2D eigenvalue weighted by Crippen LogP contribution is 2.18. The van der Waals surface area contributed by atoms with E-state index in [2.05, 4.69) is 5.32 Å². The van der Waals surface area contributed by atoms with Crippen LogP contribution in [-0.4, -0.2) is 11.5 Å². The van der Waals surface area contributed by atoms with Gasteiger partial charge in [-0.2, -0.15) is 0 Å². The molecule has 1 unspecified atom stereocenters. The Labute approximate surface area is 122 Å². The maximum Gasteiger partial charge on any atom is 0.269 e. The summed E-state index contributed by atoms with van der Waals surface area (Å²) in [4.78, 5) is 10.4. The van der Waals surface area contributed by atoms with Crippen molar-refractivity contribution in [3.63, 3.8) is 0 Å². The SMILES string of the molecule is CC(NCCc1ccc(F)cc1)c1cccc([N+](=O)[O-])c1. The molecular weight excluding hydrogens is 271 g/mol. The topological polar surface area (TPSA) is 55.2 Å². The smallest absolute Gasteiger partial charge is 0.269 e. The Bertz CT molecular complexity index is 614. The summed E-state index contributed by atoms with van der Waals surface area (Å²) in [5.74, 6) is -0.239. The fourth-order valence-electron chi connectivity index (χ4n) is 2.11. The third-order valence-corrected chi connectivity index (χ3v) is 3.36. The molecule has 5 heteroatoms. The Kier molecular flexibility index (Phi) is 5.00. The third-order valence-electron chi connectivity index (χ3n) is 3.36. The van der Waals surface area contributed by atoms with E-state index in [-0.39, 0.29) is 17.5 Å². The van der Waals surface area contributed by atoms with E-state index in [0.717, 1.165) is 24.1 Å². The second kappa shape index (κ2) is 6.95. The Hall–Kier alpha value is -2.27. The van der Waals surface area contributed by atoms with Crippen molar-refractivity contribution in [2.75, 3.05) is 6.54 Å². The number of nitrogens with one attached hydrogen (secondary N) is 1. The van der Waals surface area contributed by atoms with Gasteiger partial charge in [0.1, 0.15) is 5.82 Å². The second-order valence-electron chi connectivity index (χ2n) is 4.90. The van der Waals surface area contributed by atoms with Crippen LogP contribution in [0.2, 0.25) is 0 Å². The molecule has 0 amide bonds. The van der Waals surface area contributed by atoms with Crippen LogP contribution in [0.25, 0.3) is 0 Å². The van der Waals surface area contributed by atoms with Crippen molar-refractivity contribution in [2.45, 2.75) is 19.4 Å². The fourth-order valence-corrected chi connectivity index (χ4v) is 2.11. The molecule has 0 radical (unpaired) electrons. The summed E-state index contributed by atoms with van der Waals surface area (Å²) < 4.78 is 12.8. The zero-order valence-corrected chi connectivity index (χ0v) is 11.8. The molecule has 2 aromatic rings. The van der Waals surface area contributed by atoms with Crippen LogP contribution in [0, 0.1) is 15.9 Å². The van der Waals surface area contributed by atoms with Gasteiger partial charge in [0, 0.05) is 18.2 Å². The number of nitro benzene ring substituents is 1. The van der Waals surface area contributed by atoms with E-state index in [0.29, 0.717) is 0 Å². The molecule has 4 nitrogen and oxygen atoms in total. The summed E-state index contributed by atoms with van der Waals surface area (Å²) in [6.45, 7) is 2.68. The minimum atomic E-state index is -0.394.